The molecule has 0 aliphatic carbocycles. The maximum absolute atomic E-state index is 4.88. The van der Waals surface area contributed by atoms with Crippen molar-refractivity contribution in [3.8, 4) is 0 Å². The number of ether oxygens (including phenoxy) is 1. The third-order valence-corrected chi connectivity index (χ3v) is 0.999. The summed E-state index contributed by atoms with van der Waals surface area (Å²) in [5.74, 6) is 0.671. The van der Waals surface area contributed by atoms with Crippen LogP contribution < -0.4 is 0 Å². The quantitative estimate of drug-likeness (QED) is 0.320. The molecule has 0 aliphatic rings. The van der Waals surface area contributed by atoms with Crippen molar-refractivity contribution in [1.82, 2.24) is 0 Å². The van der Waals surface area contributed by atoms with Crippen LogP contribution in [0.1, 0.15) is 6.92 Å². The van der Waals surface area contributed by atoms with Gasteiger partial charge in [-0.25, -0.2) is 0 Å². The van der Waals surface area contributed by atoms with E-state index in [0.29, 0.717) is 5.76 Å². The molecule has 50 valence electrons. The highest BCUT2D eigenvalue weighted by Gasteiger charge is 1.91. The summed E-state index contributed by atoms with van der Waals surface area (Å²) in [7, 11) is 1.58. The molecule has 0 spiro atoms. The first-order valence-corrected chi connectivity index (χ1v) is 2.60. The van der Waals surface area contributed by atoms with Crippen molar-refractivity contribution in [2.24, 2.45) is 4.99 Å². The standard InChI is InChI=1S/C7H11NO/c1-5-7(9-4)6(2)8-3/h5H,1,3H2,2,4H3/b7-6+. The van der Waals surface area contributed by atoms with E-state index in [1.807, 2.05) is 6.92 Å². The average Bonchev–Trinajstić information content (AvgIpc) is 1.90. The molecule has 0 aromatic carbocycles. The Morgan fingerprint density at radius 1 is 1.67 bits per heavy atom. The highest BCUT2D eigenvalue weighted by Crippen LogP contribution is 2.04. The second-order valence-electron chi connectivity index (χ2n) is 1.52. The Labute approximate surface area is 55.6 Å². The fraction of sp³-hybridized carbons (Fsp3) is 0.286. The Morgan fingerprint density at radius 3 is 2.33 bits per heavy atom. The number of allylic oxidation sites excluding steroid dienone is 2. The molecule has 0 unspecified atom stereocenters. The van der Waals surface area contributed by atoms with Crippen LogP contribution in [0.4, 0.5) is 0 Å². The number of aliphatic imine (C=N–C) groups is 1. The lowest BCUT2D eigenvalue weighted by molar-refractivity contribution is 0.302. The summed E-state index contributed by atoms with van der Waals surface area (Å²) < 4.78 is 4.88. The predicted molar refractivity (Wildman–Crippen MR) is 39.5 cm³/mol. The maximum atomic E-state index is 4.88. The molecule has 0 N–H and O–H groups in total. The zero-order valence-electron chi connectivity index (χ0n) is 5.85. The van der Waals surface area contributed by atoms with Gasteiger partial charge in [-0.2, -0.15) is 0 Å². The zero-order chi connectivity index (χ0) is 7.28. The summed E-state index contributed by atoms with van der Waals surface area (Å²) in [6, 6.07) is 0. The van der Waals surface area contributed by atoms with Gasteiger partial charge in [0.2, 0.25) is 0 Å². The highest BCUT2D eigenvalue weighted by molar-refractivity contribution is 5.30. The maximum Gasteiger partial charge on any atom is 0.139 e. The molecule has 0 aromatic heterocycles. The van der Waals surface area contributed by atoms with Crippen molar-refractivity contribution < 1.29 is 4.74 Å². The van der Waals surface area contributed by atoms with Gasteiger partial charge in [0.05, 0.1) is 12.8 Å². The molecule has 0 aliphatic heterocycles. The lowest BCUT2D eigenvalue weighted by atomic mass is 10.4. The third-order valence-electron chi connectivity index (χ3n) is 0.999. The van der Waals surface area contributed by atoms with Crippen molar-refractivity contribution in [1.29, 1.82) is 0 Å². The van der Waals surface area contributed by atoms with Gasteiger partial charge in [-0.1, -0.05) is 6.58 Å². The van der Waals surface area contributed by atoms with Gasteiger partial charge in [-0.3, -0.25) is 4.99 Å². The lowest BCUT2D eigenvalue weighted by Gasteiger charge is -1.99. The third kappa shape index (κ3) is 2.13. The van der Waals surface area contributed by atoms with E-state index in [4.69, 9.17) is 4.74 Å². The van der Waals surface area contributed by atoms with E-state index in [1.165, 1.54) is 0 Å². The van der Waals surface area contributed by atoms with Gasteiger partial charge in [-0.05, 0) is 19.7 Å². The molecule has 0 aromatic rings. The first kappa shape index (κ1) is 7.95. The fourth-order valence-electron chi connectivity index (χ4n) is 0.457. The number of methoxy groups -OCH3 is 1. The summed E-state index contributed by atoms with van der Waals surface area (Å²) >= 11 is 0. The highest BCUT2D eigenvalue weighted by atomic mass is 16.5. The van der Waals surface area contributed by atoms with Crippen LogP contribution in [0.15, 0.2) is 29.1 Å². The smallest absolute Gasteiger partial charge is 0.139 e. The SMILES string of the molecule is C=C/C(OC)=C(/C)N=C. The van der Waals surface area contributed by atoms with Gasteiger partial charge >= 0.3 is 0 Å². The predicted octanol–water partition coefficient (Wildman–Crippen LogP) is 1.75. The number of hydrogen-bond acceptors (Lipinski definition) is 2. The number of hydrogen-bond donors (Lipinski definition) is 0. The Bertz CT molecular complexity index is 147. The van der Waals surface area contributed by atoms with E-state index in [1.54, 1.807) is 13.2 Å². The molecule has 0 rings (SSSR count). The molecule has 9 heavy (non-hydrogen) atoms. The second-order valence-corrected chi connectivity index (χ2v) is 1.52. The van der Waals surface area contributed by atoms with Crippen LogP contribution in [-0.4, -0.2) is 13.8 Å². The van der Waals surface area contributed by atoms with Crippen LogP contribution in [0.5, 0.6) is 0 Å². The number of nitrogens with zero attached hydrogens (tertiary/aromatic N) is 1. The molecule has 0 bridgehead atoms. The first-order chi connectivity index (χ1) is 4.26. The molecular formula is C7H11NO. The minimum atomic E-state index is 0.671. The van der Waals surface area contributed by atoms with Gasteiger partial charge in [0.25, 0.3) is 0 Å². The lowest BCUT2D eigenvalue weighted by Crippen LogP contribution is -1.84. The van der Waals surface area contributed by atoms with Crippen LogP contribution in [-0.2, 0) is 4.74 Å². The van der Waals surface area contributed by atoms with E-state index in [-0.39, 0.29) is 0 Å². The molecule has 0 saturated heterocycles. The molecular weight excluding hydrogens is 114 g/mol. The fourth-order valence-corrected chi connectivity index (χ4v) is 0.457. The normalized spacial score (nSPS) is 11.8. The minimum absolute atomic E-state index is 0.671. The summed E-state index contributed by atoms with van der Waals surface area (Å²) in [5, 5.41) is 0. The Hall–Kier alpha value is -1.05. The Morgan fingerprint density at radius 2 is 2.22 bits per heavy atom. The van der Waals surface area contributed by atoms with Crippen molar-refractivity contribution in [2.75, 3.05) is 7.11 Å². The van der Waals surface area contributed by atoms with Crippen LogP contribution in [0, 0.1) is 0 Å². The van der Waals surface area contributed by atoms with Gasteiger partial charge in [-0.15, -0.1) is 0 Å². The zero-order valence-corrected chi connectivity index (χ0v) is 5.85. The molecule has 0 heterocycles. The molecule has 0 saturated carbocycles. The van der Waals surface area contributed by atoms with Gasteiger partial charge < -0.3 is 4.74 Å². The largest absolute Gasteiger partial charge is 0.495 e. The number of rotatable bonds is 3. The summed E-state index contributed by atoms with van der Waals surface area (Å²) in [6.45, 7) is 8.68. The van der Waals surface area contributed by atoms with E-state index >= 15 is 0 Å². The molecule has 2 nitrogen and oxygen atoms in total. The van der Waals surface area contributed by atoms with Gasteiger partial charge in [0.15, 0.2) is 0 Å². The van der Waals surface area contributed by atoms with Crippen LogP contribution >= 0.6 is 0 Å². The first-order valence-electron chi connectivity index (χ1n) is 2.60. The Balaban J connectivity index is 4.36. The van der Waals surface area contributed by atoms with Gasteiger partial charge in [0, 0.05) is 0 Å². The van der Waals surface area contributed by atoms with Gasteiger partial charge in [0.1, 0.15) is 5.76 Å². The molecule has 0 fully saturated rings. The molecule has 0 radical (unpaired) electrons. The molecule has 2 heteroatoms. The van der Waals surface area contributed by atoms with Crippen molar-refractivity contribution in [2.45, 2.75) is 6.92 Å². The summed E-state index contributed by atoms with van der Waals surface area (Å²) in [6.07, 6.45) is 1.60. The topological polar surface area (TPSA) is 21.6 Å². The molecule has 0 amide bonds. The summed E-state index contributed by atoms with van der Waals surface area (Å²) in [4.78, 5) is 3.66. The van der Waals surface area contributed by atoms with Crippen LogP contribution in [0.3, 0.4) is 0 Å². The Kier molecular flexibility index (Phi) is 3.44. The monoisotopic (exact) mass is 125 g/mol. The van der Waals surface area contributed by atoms with Crippen molar-refractivity contribution in [3.05, 3.63) is 24.1 Å². The van der Waals surface area contributed by atoms with Crippen LogP contribution in [0.2, 0.25) is 0 Å². The summed E-state index contributed by atoms with van der Waals surface area (Å²) in [5.41, 5.74) is 0.757. The molecule has 0 atom stereocenters. The second kappa shape index (κ2) is 3.89. The van der Waals surface area contributed by atoms with Crippen molar-refractivity contribution >= 4 is 6.72 Å². The van der Waals surface area contributed by atoms with Crippen molar-refractivity contribution in [3.63, 3.8) is 0 Å². The van der Waals surface area contributed by atoms with E-state index in [2.05, 4.69) is 18.3 Å². The average molecular weight is 125 g/mol. The van der Waals surface area contributed by atoms with Crippen LogP contribution in [0.25, 0.3) is 0 Å². The minimum Gasteiger partial charge on any atom is -0.495 e. The van der Waals surface area contributed by atoms with E-state index in [9.17, 15) is 0 Å². The van der Waals surface area contributed by atoms with E-state index in [0.717, 1.165) is 5.70 Å². The van der Waals surface area contributed by atoms with E-state index < -0.39 is 0 Å².